The zero-order chi connectivity index (χ0) is 18.4. The zero-order valence-electron chi connectivity index (χ0n) is 15.1. The van der Waals surface area contributed by atoms with Crippen LogP contribution in [0.2, 0.25) is 0 Å². The Morgan fingerprint density at radius 1 is 1.08 bits per heavy atom. The molecule has 1 aromatic carbocycles. The molecule has 6 nitrogen and oxygen atoms in total. The molecule has 0 radical (unpaired) electrons. The number of nitrogens with zero attached hydrogens (tertiary/aromatic N) is 2. The SMILES string of the molecule is CC(C)C(C)NC(=O)N1CCN(CC(=O)Nc2ccc(F)cc2)CC1. The Bertz CT molecular complexity index is 583. The van der Waals surface area contributed by atoms with E-state index < -0.39 is 0 Å². The van der Waals surface area contributed by atoms with Gasteiger partial charge < -0.3 is 15.5 Å². The van der Waals surface area contributed by atoms with E-state index in [9.17, 15) is 14.0 Å². The Morgan fingerprint density at radius 2 is 1.68 bits per heavy atom. The van der Waals surface area contributed by atoms with Gasteiger partial charge >= 0.3 is 6.03 Å². The molecule has 25 heavy (non-hydrogen) atoms. The average molecular weight is 350 g/mol. The highest BCUT2D eigenvalue weighted by Gasteiger charge is 2.23. The van der Waals surface area contributed by atoms with Crippen LogP contribution in [-0.2, 0) is 4.79 Å². The van der Waals surface area contributed by atoms with Crippen molar-refractivity contribution in [3.05, 3.63) is 30.1 Å². The van der Waals surface area contributed by atoms with Gasteiger partial charge in [0.05, 0.1) is 6.54 Å². The van der Waals surface area contributed by atoms with Crippen molar-refractivity contribution in [2.75, 3.05) is 38.0 Å². The van der Waals surface area contributed by atoms with Crippen LogP contribution in [0.1, 0.15) is 20.8 Å². The number of anilines is 1. The third-order valence-corrected chi connectivity index (χ3v) is 4.51. The summed E-state index contributed by atoms with van der Waals surface area (Å²) in [6.45, 7) is 8.90. The van der Waals surface area contributed by atoms with Crippen LogP contribution < -0.4 is 10.6 Å². The molecule has 3 amide bonds. The largest absolute Gasteiger partial charge is 0.335 e. The number of hydrogen-bond donors (Lipinski definition) is 2. The average Bonchev–Trinajstić information content (AvgIpc) is 2.57. The number of hydrogen-bond acceptors (Lipinski definition) is 3. The van der Waals surface area contributed by atoms with Gasteiger partial charge in [-0.3, -0.25) is 9.69 Å². The van der Waals surface area contributed by atoms with Crippen LogP contribution in [0, 0.1) is 11.7 Å². The number of rotatable bonds is 5. The van der Waals surface area contributed by atoms with Crippen molar-refractivity contribution in [2.24, 2.45) is 5.92 Å². The Morgan fingerprint density at radius 3 is 2.24 bits per heavy atom. The van der Waals surface area contributed by atoms with E-state index in [1.54, 1.807) is 4.90 Å². The molecule has 1 aromatic rings. The van der Waals surface area contributed by atoms with Crippen LogP contribution in [0.15, 0.2) is 24.3 Å². The lowest BCUT2D eigenvalue weighted by Gasteiger charge is -2.35. The third-order valence-electron chi connectivity index (χ3n) is 4.51. The van der Waals surface area contributed by atoms with Crippen LogP contribution in [0.5, 0.6) is 0 Å². The number of piperazine rings is 1. The van der Waals surface area contributed by atoms with Crippen LogP contribution in [0.4, 0.5) is 14.9 Å². The van der Waals surface area contributed by atoms with Gasteiger partial charge in [-0.25, -0.2) is 9.18 Å². The molecule has 2 N–H and O–H groups in total. The van der Waals surface area contributed by atoms with Crippen molar-refractivity contribution in [3.63, 3.8) is 0 Å². The monoisotopic (exact) mass is 350 g/mol. The quantitative estimate of drug-likeness (QED) is 0.855. The number of benzene rings is 1. The lowest BCUT2D eigenvalue weighted by Crippen LogP contribution is -2.54. The number of urea groups is 1. The standard InChI is InChI=1S/C18H27FN4O2/c1-13(2)14(3)20-18(25)23-10-8-22(9-11-23)12-17(24)21-16-6-4-15(19)5-7-16/h4-7,13-14H,8-12H2,1-3H3,(H,20,25)(H,21,24). The molecule has 7 heteroatoms. The Balaban J connectivity index is 1.73. The summed E-state index contributed by atoms with van der Waals surface area (Å²) >= 11 is 0. The zero-order valence-corrected chi connectivity index (χ0v) is 15.1. The molecule has 138 valence electrons. The number of nitrogens with one attached hydrogen (secondary N) is 2. The van der Waals surface area contributed by atoms with Gasteiger partial charge in [-0.15, -0.1) is 0 Å². The minimum atomic E-state index is -0.334. The lowest BCUT2D eigenvalue weighted by molar-refractivity contribution is -0.117. The van der Waals surface area contributed by atoms with E-state index in [4.69, 9.17) is 0 Å². The van der Waals surface area contributed by atoms with E-state index >= 15 is 0 Å². The first-order valence-electron chi connectivity index (χ1n) is 8.68. The van der Waals surface area contributed by atoms with E-state index in [1.165, 1.54) is 24.3 Å². The highest BCUT2D eigenvalue weighted by atomic mass is 19.1. The second-order valence-electron chi connectivity index (χ2n) is 6.80. The number of amides is 3. The minimum absolute atomic E-state index is 0.0448. The Labute approximate surface area is 148 Å². The number of carbonyl (C=O) groups is 2. The van der Waals surface area contributed by atoms with Crippen LogP contribution >= 0.6 is 0 Å². The molecule has 0 aliphatic carbocycles. The van der Waals surface area contributed by atoms with Crippen LogP contribution in [0.25, 0.3) is 0 Å². The molecule has 2 rings (SSSR count). The fourth-order valence-electron chi connectivity index (χ4n) is 2.50. The van der Waals surface area contributed by atoms with E-state index in [-0.39, 0.29) is 30.3 Å². The maximum absolute atomic E-state index is 12.9. The lowest BCUT2D eigenvalue weighted by atomic mass is 10.1. The Hall–Kier alpha value is -2.15. The summed E-state index contributed by atoms with van der Waals surface area (Å²) in [6, 6.07) is 5.77. The molecular weight excluding hydrogens is 323 g/mol. The van der Waals surface area contributed by atoms with Gasteiger partial charge in [0.15, 0.2) is 0 Å². The van der Waals surface area contributed by atoms with E-state index in [0.29, 0.717) is 37.8 Å². The molecule has 0 saturated carbocycles. The van der Waals surface area contributed by atoms with Gasteiger partial charge in [0.1, 0.15) is 5.82 Å². The predicted octanol–water partition coefficient (Wildman–Crippen LogP) is 2.14. The summed E-state index contributed by atoms with van der Waals surface area (Å²) in [4.78, 5) is 28.1. The molecule has 1 unspecified atom stereocenters. The number of halogens is 1. The molecule has 1 atom stereocenters. The number of carbonyl (C=O) groups excluding carboxylic acids is 2. The van der Waals surface area contributed by atoms with Crippen molar-refractivity contribution >= 4 is 17.6 Å². The molecule has 0 bridgehead atoms. The van der Waals surface area contributed by atoms with Gasteiger partial charge in [0.2, 0.25) is 5.91 Å². The maximum Gasteiger partial charge on any atom is 0.317 e. The van der Waals surface area contributed by atoms with Gasteiger partial charge in [0.25, 0.3) is 0 Å². The van der Waals surface area contributed by atoms with Crippen molar-refractivity contribution in [1.82, 2.24) is 15.1 Å². The van der Waals surface area contributed by atoms with Crippen molar-refractivity contribution in [2.45, 2.75) is 26.8 Å². The fourth-order valence-corrected chi connectivity index (χ4v) is 2.50. The van der Waals surface area contributed by atoms with E-state index in [1.807, 2.05) is 11.8 Å². The minimum Gasteiger partial charge on any atom is -0.335 e. The van der Waals surface area contributed by atoms with Crippen LogP contribution in [-0.4, -0.2) is 60.5 Å². The normalized spacial score (nSPS) is 16.6. The highest BCUT2D eigenvalue weighted by Crippen LogP contribution is 2.09. The molecule has 0 aromatic heterocycles. The summed E-state index contributed by atoms with van der Waals surface area (Å²) in [5, 5.41) is 5.75. The van der Waals surface area contributed by atoms with Gasteiger partial charge in [-0.1, -0.05) is 13.8 Å². The molecule has 1 fully saturated rings. The smallest absolute Gasteiger partial charge is 0.317 e. The van der Waals surface area contributed by atoms with Crippen molar-refractivity contribution in [1.29, 1.82) is 0 Å². The summed E-state index contributed by atoms with van der Waals surface area (Å²) in [5.74, 6) is -0.0856. The first-order valence-corrected chi connectivity index (χ1v) is 8.68. The summed E-state index contributed by atoms with van der Waals surface area (Å²) in [7, 11) is 0. The van der Waals surface area contributed by atoms with Gasteiger partial charge in [0, 0.05) is 37.9 Å². The summed E-state index contributed by atoms with van der Waals surface area (Å²) in [5.41, 5.74) is 0.576. The van der Waals surface area contributed by atoms with Crippen LogP contribution in [0.3, 0.4) is 0 Å². The van der Waals surface area contributed by atoms with Crippen molar-refractivity contribution in [3.8, 4) is 0 Å². The first-order chi connectivity index (χ1) is 11.8. The summed E-state index contributed by atoms with van der Waals surface area (Å²) < 4.78 is 12.9. The highest BCUT2D eigenvalue weighted by molar-refractivity contribution is 5.92. The molecule has 0 spiro atoms. The molecule has 1 saturated heterocycles. The second kappa shape index (κ2) is 8.80. The molecular formula is C18H27FN4O2. The topological polar surface area (TPSA) is 64.7 Å². The van der Waals surface area contributed by atoms with E-state index in [2.05, 4.69) is 24.5 Å². The van der Waals surface area contributed by atoms with Gasteiger partial charge in [-0.05, 0) is 37.1 Å². The third kappa shape index (κ3) is 6.01. The predicted molar refractivity (Wildman–Crippen MR) is 95.9 cm³/mol. The molecule has 1 aliphatic rings. The Kier molecular flexibility index (Phi) is 6.75. The molecule has 1 aliphatic heterocycles. The first kappa shape index (κ1) is 19.2. The van der Waals surface area contributed by atoms with Gasteiger partial charge in [-0.2, -0.15) is 0 Å². The fraction of sp³-hybridized carbons (Fsp3) is 0.556. The van der Waals surface area contributed by atoms with E-state index in [0.717, 1.165) is 0 Å². The second-order valence-corrected chi connectivity index (χ2v) is 6.80. The summed E-state index contributed by atoms with van der Waals surface area (Å²) in [6.07, 6.45) is 0. The molecule has 1 heterocycles. The van der Waals surface area contributed by atoms with Crippen molar-refractivity contribution < 1.29 is 14.0 Å². The maximum atomic E-state index is 12.9.